The fourth-order valence-corrected chi connectivity index (χ4v) is 5.77. The topological polar surface area (TPSA) is 58.3 Å². The highest BCUT2D eigenvalue weighted by Gasteiger charge is 2.37. The second-order valence-electron chi connectivity index (χ2n) is 11.2. The minimum atomic E-state index is -4.55. The number of anilines is 1. The molecule has 0 radical (unpaired) electrons. The molecule has 1 aliphatic carbocycles. The van der Waals surface area contributed by atoms with Gasteiger partial charge in [-0.05, 0) is 67.7 Å². The molecule has 6 nitrogen and oxygen atoms in total. The van der Waals surface area contributed by atoms with E-state index in [1.165, 1.54) is 6.08 Å². The van der Waals surface area contributed by atoms with Gasteiger partial charge in [0, 0.05) is 61.1 Å². The van der Waals surface area contributed by atoms with E-state index in [0.29, 0.717) is 69.0 Å². The largest absolute Gasteiger partial charge is 0.461 e. The predicted octanol–water partition coefficient (Wildman–Crippen LogP) is 7.27. The highest BCUT2D eigenvalue weighted by molar-refractivity contribution is 6.02. The number of aliphatic imine (C=N–C) groups is 1. The first-order valence-corrected chi connectivity index (χ1v) is 14.6. The van der Waals surface area contributed by atoms with Gasteiger partial charge in [0.25, 0.3) is 0 Å². The van der Waals surface area contributed by atoms with Crippen molar-refractivity contribution in [2.45, 2.75) is 65.6 Å². The monoisotopic (exact) mass is 569 g/mol. The van der Waals surface area contributed by atoms with Crippen molar-refractivity contribution in [2.24, 2.45) is 10.9 Å². The molecule has 0 unspecified atom stereocenters. The summed E-state index contributed by atoms with van der Waals surface area (Å²) in [6.45, 7) is 9.50. The average molecular weight is 570 g/mol. The van der Waals surface area contributed by atoms with Gasteiger partial charge in [-0.3, -0.25) is 9.79 Å². The van der Waals surface area contributed by atoms with Gasteiger partial charge in [-0.25, -0.2) is 0 Å². The van der Waals surface area contributed by atoms with Crippen LogP contribution >= 0.6 is 0 Å². The lowest BCUT2D eigenvalue weighted by Crippen LogP contribution is -2.37. The van der Waals surface area contributed by atoms with Gasteiger partial charge in [0.15, 0.2) is 0 Å². The molecule has 1 aromatic carbocycles. The Balaban J connectivity index is 1.46. The van der Waals surface area contributed by atoms with Crippen molar-refractivity contribution in [2.75, 3.05) is 37.7 Å². The maximum Gasteiger partial charge on any atom is 0.416 e. The molecule has 0 saturated carbocycles. The Hall–Kier alpha value is -3.33. The molecule has 0 spiro atoms. The molecule has 5 rings (SSSR count). The van der Waals surface area contributed by atoms with E-state index in [1.54, 1.807) is 11.0 Å². The van der Waals surface area contributed by atoms with Gasteiger partial charge in [-0.1, -0.05) is 20.8 Å². The van der Waals surface area contributed by atoms with Crippen LogP contribution in [0.3, 0.4) is 0 Å². The van der Waals surface area contributed by atoms with E-state index in [1.807, 2.05) is 45.0 Å². The summed E-state index contributed by atoms with van der Waals surface area (Å²) in [5.41, 5.74) is 3.38. The van der Waals surface area contributed by atoms with Gasteiger partial charge in [-0.15, -0.1) is 0 Å². The Morgan fingerprint density at radius 1 is 1.05 bits per heavy atom. The van der Waals surface area contributed by atoms with Crippen LogP contribution in [-0.4, -0.2) is 55.5 Å². The zero-order chi connectivity index (χ0) is 29.1. The van der Waals surface area contributed by atoms with Crippen LogP contribution in [0.4, 0.5) is 24.5 Å². The molecular weight excluding hydrogens is 531 g/mol. The third-order valence-electron chi connectivity index (χ3n) is 8.00. The molecule has 0 atom stereocenters. The maximum absolute atomic E-state index is 14.6. The number of halogens is 3. The summed E-state index contributed by atoms with van der Waals surface area (Å²) in [7, 11) is 0. The van der Waals surface area contributed by atoms with Crippen LogP contribution in [0.1, 0.15) is 63.5 Å². The van der Waals surface area contributed by atoms with E-state index in [0.717, 1.165) is 30.0 Å². The fourth-order valence-electron chi connectivity index (χ4n) is 5.77. The normalized spacial score (nSPS) is 22.8. The molecule has 1 aromatic heterocycles. The first kappa shape index (κ1) is 29.2. The van der Waals surface area contributed by atoms with Crippen molar-refractivity contribution >= 4 is 28.6 Å². The Kier molecular flexibility index (Phi) is 8.73. The molecule has 220 valence electrons. The number of hydrogen-bond donors (Lipinski definition) is 0. The number of alkyl halides is 3. The van der Waals surface area contributed by atoms with Crippen molar-refractivity contribution in [1.82, 2.24) is 4.90 Å². The number of amides is 1. The molecular formula is C32H38F3N3O3. The van der Waals surface area contributed by atoms with Crippen LogP contribution in [0.15, 0.2) is 57.0 Å². The van der Waals surface area contributed by atoms with Gasteiger partial charge in [0.05, 0.1) is 24.5 Å². The van der Waals surface area contributed by atoms with Gasteiger partial charge in [0.1, 0.15) is 11.5 Å². The van der Waals surface area contributed by atoms with Crippen LogP contribution in [-0.2, 0) is 22.5 Å². The van der Waals surface area contributed by atoms with Crippen molar-refractivity contribution in [3.63, 3.8) is 0 Å². The SMILES string of the molecule is CC/C1=C/C(C(F)(F)F)=C(/c2cc3c(o2)CCN(C(=O)C(C)C)C3)CCCC1=Nc1ccc(N2CCOCC2)cc1. The lowest BCUT2D eigenvalue weighted by Gasteiger charge is -2.28. The second-order valence-corrected chi connectivity index (χ2v) is 11.2. The highest BCUT2D eigenvalue weighted by atomic mass is 19.4. The zero-order valence-electron chi connectivity index (χ0n) is 24.0. The van der Waals surface area contributed by atoms with E-state index in [9.17, 15) is 18.0 Å². The van der Waals surface area contributed by atoms with Crippen LogP contribution in [0.2, 0.25) is 0 Å². The Bertz CT molecular complexity index is 1350. The summed E-state index contributed by atoms with van der Waals surface area (Å²) in [4.78, 5) is 21.3. The number of carbonyl (C=O) groups excluding carboxylic acids is 1. The van der Waals surface area contributed by atoms with Crippen molar-refractivity contribution in [3.05, 3.63) is 64.6 Å². The lowest BCUT2D eigenvalue weighted by molar-refractivity contribution is -0.135. The third-order valence-corrected chi connectivity index (χ3v) is 8.00. The molecule has 3 aliphatic rings. The molecule has 41 heavy (non-hydrogen) atoms. The van der Waals surface area contributed by atoms with Gasteiger partial charge < -0.3 is 19.0 Å². The quantitative estimate of drug-likeness (QED) is 0.380. The second kappa shape index (κ2) is 12.3. The lowest BCUT2D eigenvalue weighted by atomic mass is 9.90. The first-order valence-electron chi connectivity index (χ1n) is 14.6. The first-order chi connectivity index (χ1) is 19.6. The van der Waals surface area contributed by atoms with E-state index >= 15 is 0 Å². The summed E-state index contributed by atoms with van der Waals surface area (Å²) >= 11 is 0. The number of hydrogen-bond acceptors (Lipinski definition) is 5. The number of fused-ring (bicyclic) bond motifs is 1. The third kappa shape index (κ3) is 6.61. The summed E-state index contributed by atoms with van der Waals surface area (Å²) < 4.78 is 55.2. The standard InChI is InChI=1S/C32H38F3N3O3/c1-4-22-18-27(32(33,34)35)26(30-19-23-20-38(31(39)21(2)3)13-12-29(23)41-30)6-5-7-28(22)36-24-8-10-25(11-9-24)37-14-16-40-17-15-37/h8-11,18-19,21H,4-7,12-17,20H2,1-3H3/b22-18-,27-26-,36-28?. The maximum atomic E-state index is 14.6. The Labute approximate surface area is 239 Å². The number of benzene rings is 1. The number of furan rings is 1. The van der Waals surface area contributed by atoms with Crippen LogP contribution in [0.25, 0.3) is 5.57 Å². The number of allylic oxidation sites excluding steroid dienone is 4. The van der Waals surface area contributed by atoms with E-state index in [-0.39, 0.29) is 29.6 Å². The van der Waals surface area contributed by atoms with E-state index in [2.05, 4.69) is 4.90 Å². The zero-order valence-corrected chi connectivity index (χ0v) is 24.0. The minimum Gasteiger partial charge on any atom is -0.461 e. The molecule has 0 bridgehead atoms. The smallest absolute Gasteiger partial charge is 0.416 e. The van der Waals surface area contributed by atoms with Gasteiger partial charge in [-0.2, -0.15) is 13.2 Å². The molecule has 9 heteroatoms. The van der Waals surface area contributed by atoms with Crippen LogP contribution in [0, 0.1) is 5.92 Å². The predicted molar refractivity (Wildman–Crippen MR) is 154 cm³/mol. The van der Waals surface area contributed by atoms with Crippen LogP contribution < -0.4 is 4.90 Å². The van der Waals surface area contributed by atoms with E-state index < -0.39 is 11.7 Å². The van der Waals surface area contributed by atoms with Gasteiger partial charge >= 0.3 is 6.18 Å². The fraction of sp³-hybridized carbons (Fsp3) is 0.500. The summed E-state index contributed by atoms with van der Waals surface area (Å²) in [5, 5.41) is 0. The number of rotatable bonds is 5. The number of morpholine rings is 1. The minimum absolute atomic E-state index is 0.0395. The van der Waals surface area contributed by atoms with Crippen molar-refractivity contribution < 1.29 is 27.1 Å². The Morgan fingerprint density at radius 3 is 2.44 bits per heavy atom. The van der Waals surface area contributed by atoms with Crippen molar-refractivity contribution in [1.29, 1.82) is 0 Å². The summed E-state index contributed by atoms with van der Waals surface area (Å²) in [5.74, 6) is 0.834. The number of ether oxygens (including phenoxy) is 1. The average Bonchev–Trinajstić information content (AvgIpc) is 3.37. The van der Waals surface area contributed by atoms with E-state index in [4.69, 9.17) is 14.1 Å². The summed E-state index contributed by atoms with van der Waals surface area (Å²) in [6.07, 6.45) is -1.05. The molecule has 1 fully saturated rings. The highest BCUT2D eigenvalue weighted by Crippen LogP contribution is 2.41. The molecule has 2 aliphatic heterocycles. The number of carbonyl (C=O) groups is 1. The molecule has 3 heterocycles. The molecule has 2 aromatic rings. The molecule has 1 saturated heterocycles. The number of nitrogens with zero attached hydrogens (tertiary/aromatic N) is 3. The summed E-state index contributed by atoms with van der Waals surface area (Å²) in [6, 6.07) is 9.59. The molecule has 0 N–H and O–H groups in total. The van der Waals surface area contributed by atoms with Crippen molar-refractivity contribution in [3.8, 4) is 0 Å². The molecule has 1 amide bonds. The van der Waals surface area contributed by atoms with Gasteiger partial charge in [0.2, 0.25) is 5.91 Å². The van der Waals surface area contributed by atoms with Crippen LogP contribution in [0.5, 0.6) is 0 Å². The Morgan fingerprint density at radius 2 is 1.78 bits per heavy atom.